The van der Waals surface area contributed by atoms with Gasteiger partial charge in [-0.2, -0.15) is 4.31 Å². The normalized spacial score (nSPS) is 14.8. The SMILES string of the molecule is CCN(CC)S(=O)(=O)c1ccc(N2CCOCC2)c(N[C@H](C)C(=O)NC(c2ccccc2)c2ccccc2)c1. The Morgan fingerprint density at radius 2 is 1.49 bits per heavy atom. The molecular weight excluding hydrogens is 512 g/mol. The molecule has 8 nitrogen and oxygen atoms in total. The molecule has 0 unspecified atom stereocenters. The summed E-state index contributed by atoms with van der Waals surface area (Å²) in [4.78, 5) is 15.9. The van der Waals surface area contributed by atoms with Gasteiger partial charge in [0.05, 0.1) is 35.5 Å². The molecule has 1 saturated heterocycles. The number of rotatable bonds is 11. The first kappa shape index (κ1) is 28.6. The number of benzene rings is 3. The van der Waals surface area contributed by atoms with E-state index in [0.29, 0.717) is 45.1 Å². The fourth-order valence-electron chi connectivity index (χ4n) is 4.80. The van der Waals surface area contributed by atoms with E-state index >= 15 is 0 Å². The minimum absolute atomic E-state index is 0.197. The van der Waals surface area contributed by atoms with Crippen LogP contribution >= 0.6 is 0 Å². The molecule has 1 fully saturated rings. The molecule has 0 bridgehead atoms. The quantitative estimate of drug-likeness (QED) is 0.371. The Hall–Kier alpha value is -3.40. The van der Waals surface area contributed by atoms with Crippen LogP contribution in [0.5, 0.6) is 0 Å². The maximum Gasteiger partial charge on any atom is 0.243 e. The molecule has 9 heteroatoms. The minimum atomic E-state index is -3.67. The van der Waals surface area contributed by atoms with Crippen LogP contribution in [-0.4, -0.2) is 64.1 Å². The van der Waals surface area contributed by atoms with Gasteiger partial charge in [-0.1, -0.05) is 74.5 Å². The predicted molar refractivity (Wildman–Crippen MR) is 156 cm³/mol. The molecule has 0 aliphatic carbocycles. The Kier molecular flexibility index (Phi) is 9.61. The number of amides is 1. The van der Waals surface area contributed by atoms with E-state index in [2.05, 4.69) is 15.5 Å². The molecule has 39 heavy (non-hydrogen) atoms. The number of nitrogens with zero attached hydrogens (tertiary/aromatic N) is 2. The molecule has 1 amide bonds. The van der Waals surface area contributed by atoms with Crippen molar-refractivity contribution in [2.45, 2.75) is 37.8 Å². The molecule has 0 spiro atoms. The zero-order chi connectivity index (χ0) is 27.8. The number of hydrogen-bond donors (Lipinski definition) is 2. The van der Waals surface area contributed by atoms with E-state index in [9.17, 15) is 13.2 Å². The number of anilines is 2. The largest absolute Gasteiger partial charge is 0.378 e. The van der Waals surface area contributed by atoms with Gasteiger partial charge in [-0.3, -0.25) is 4.79 Å². The number of morpholine rings is 1. The zero-order valence-electron chi connectivity index (χ0n) is 22.8. The monoisotopic (exact) mass is 550 g/mol. The van der Waals surface area contributed by atoms with Gasteiger partial charge >= 0.3 is 0 Å². The summed E-state index contributed by atoms with van der Waals surface area (Å²) in [5.74, 6) is -0.197. The maximum atomic E-state index is 13.5. The first-order valence-electron chi connectivity index (χ1n) is 13.5. The van der Waals surface area contributed by atoms with Gasteiger partial charge in [-0.05, 0) is 36.2 Å². The predicted octanol–water partition coefficient (Wildman–Crippen LogP) is 4.26. The summed E-state index contributed by atoms with van der Waals surface area (Å²) in [6.07, 6.45) is 0. The highest BCUT2D eigenvalue weighted by Gasteiger charge is 2.26. The highest BCUT2D eigenvalue weighted by atomic mass is 32.2. The first-order chi connectivity index (χ1) is 18.8. The fourth-order valence-corrected chi connectivity index (χ4v) is 6.28. The molecule has 1 heterocycles. The average molecular weight is 551 g/mol. The Morgan fingerprint density at radius 1 is 0.923 bits per heavy atom. The number of hydrogen-bond acceptors (Lipinski definition) is 6. The Morgan fingerprint density at radius 3 is 2.03 bits per heavy atom. The number of ether oxygens (including phenoxy) is 1. The molecule has 0 radical (unpaired) electrons. The highest BCUT2D eigenvalue weighted by Crippen LogP contribution is 2.32. The van der Waals surface area contributed by atoms with E-state index in [4.69, 9.17) is 4.74 Å². The number of sulfonamides is 1. The van der Waals surface area contributed by atoms with Gasteiger partial charge in [0.1, 0.15) is 6.04 Å². The Bertz CT molecular complexity index is 1290. The van der Waals surface area contributed by atoms with E-state index in [1.165, 1.54) is 4.31 Å². The van der Waals surface area contributed by atoms with Crippen molar-refractivity contribution in [2.75, 3.05) is 49.6 Å². The van der Waals surface area contributed by atoms with E-state index in [1.807, 2.05) is 80.6 Å². The van der Waals surface area contributed by atoms with Gasteiger partial charge in [0.25, 0.3) is 0 Å². The van der Waals surface area contributed by atoms with Gasteiger partial charge in [-0.25, -0.2) is 8.42 Å². The van der Waals surface area contributed by atoms with E-state index in [-0.39, 0.29) is 16.8 Å². The topological polar surface area (TPSA) is 91.0 Å². The molecule has 0 saturated carbocycles. The van der Waals surface area contributed by atoms with Gasteiger partial charge in [0.2, 0.25) is 15.9 Å². The highest BCUT2D eigenvalue weighted by molar-refractivity contribution is 7.89. The second-order valence-electron chi connectivity index (χ2n) is 9.50. The summed E-state index contributed by atoms with van der Waals surface area (Å²) in [6, 6.07) is 23.9. The van der Waals surface area contributed by atoms with E-state index in [0.717, 1.165) is 16.8 Å². The van der Waals surface area contributed by atoms with Crippen molar-refractivity contribution in [3.05, 3.63) is 90.0 Å². The second-order valence-corrected chi connectivity index (χ2v) is 11.4. The Labute approximate surface area is 232 Å². The van der Waals surface area contributed by atoms with Crippen molar-refractivity contribution in [3.63, 3.8) is 0 Å². The van der Waals surface area contributed by atoms with Crippen LogP contribution in [0.3, 0.4) is 0 Å². The second kappa shape index (κ2) is 13.1. The summed E-state index contributed by atoms with van der Waals surface area (Å²) >= 11 is 0. The molecule has 3 aromatic carbocycles. The first-order valence-corrected chi connectivity index (χ1v) is 14.9. The molecule has 2 N–H and O–H groups in total. The van der Waals surface area contributed by atoms with E-state index < -0.39 is 16.1 Å². The fraction of sp³-hybridized carbons (Fsp3) is 0.367. The van der Waals surface area contributed by atoms with Gasteiger partial charge in [-0.15, -0.1) is 0 Å². The van der Waals surface area contributed by atoms with E-state index in [1.54, 1.807) is 19.1 Å². The summed E-state index contributed by atoms with van der Waals surface area (Å²) in [7, 11) is -3.67. The molecule has 1 atom stereocenters. The third kappa shape index (κ3) is 6.79. The van der Waals surface area contributed by atoms with Crippen molar-refractivity contribution in [1.29, 1.82) is 0 Å². The summed E-state index contributed by atoms with van der Waals surface area (Å²) in [6.45, 7) is 8.74. The lowest BCUT2D eigenvalue weighted by Crippen LogP contribution is -2.41. The standard InChI is InChI=1S/C30H38N4O4S/c1-4-34(5-2)39(36,37)26-16-17-28(33-18-20-38-21-19-33)27(22-26)31-23(3)30(35)32-29(24-12-8-6-9-13-24)25-14-10-7-11-15-25/h6-17,22-23,29,31H,4-5,18-21H2,1-3H3,(H,32,35)/t23-/m1/s1. The van der Waals surface area contributed by atoms with Crippen LogP contribution in [0.1, 0.15) is 37.9 Å². The minimum Gasteiger partial charge on any atom is -0.378 e. The van der Waals surface area contributed by atoms with Crippen molar-refractivity contribution in [3.8, 4) is 0 Å². The van der Waals surface area contributed by atoms with Crippen LogP contribution < -0.4 is 15.5 Å². The molecule has 0 aromatic heterocycles. The molecule has 1 aliphatic heterocycles. The third-order valence-corrected chi connectivity index (χ3v) is 9.03. The molecule has 3 aromatic rings. The van der Waals surface area contributed by atoms with Crippen molar-refractivity contribution in [1.82, 2.24) is 9.62 Å². The van der Waals surface area contributed by atoms with Crippen LogP contribution in [0.25, 0.3) is 0 Å². The molecule has 208 valence electrons. The smallest absolute Gasteiger partial charge is 0.243 e. The van der Waals surface area contributed by atoms with Crippen molar-refractivity contribution < 1.29 is 17.9 Å². The van der Waals surface area contributed by atoms with Crippen LogP contribution in [-0.2, 0) is 19.6 Å². The number of carbonyl (C=O) groups excluding carboxylic acids is 1. The van der Waals surface area contributed by atoms with Crippen LogP contribution in [0, 0.1) is 0 Å². The van der Waals surface area contributed by atoms with Crippen molar-refractivity contribution >= 4 is 27.3 Å². The summed E-state index contributed by atoms with van der Waals surface area (Å²) in [5, 5.41) is 6.51. The van der Waals surface area contributed by atoms with Crippen LogP contribution in [0.4, 0.5) is 11.4 Å². The lowest BCUT2D eigenvalue weighted by atomic mass is 9.98. The zero-order valence-corrected chi connectivity index (χ0v) is 23.7. The average Bonchev–Trinajstić information content (AvgIpc) is 2.97. The van der Waals surface area contributed by atoms with Crippen molar-refractivity contribution in [2.24, 2.45) is 0 Å². The molecular formula is C30H38N4O4S. The van der Waals surface area contributed by atoms with Gasteiger partial charge < -0.3 is 20.3 Å². The summed E-state index contributed by atoms with van der Waals surface area (Å²) in [5.41, 5.74) is 3.40. The van der Waals surface area contributed by atoms with Gasteiger partial charge in [0.15, 0.2) is 0 Å². The van der Waals surface area contributed by atoms with Crippen LogP contribution in [0.2, 0.25) is 0 Å². The summed E-state index contributed by atoms with van der Waals surface area (Å²) < 4.78 is 33.5. The lowest BCUT2D eigenvalue weighted by molar-refractivity contribution is -0.122. The maximum absolute atomic E-state index is 13.5. The third-order valence-electron chi connectivity index (χ3n) is 6.98. The van der Waals surface area contributed by atoms with Gasteiger partial charge in [0, 0.05) is 26.2 Å². The Balaban J connectivity index is 1.63. The molecule has 4 rings (SSSR count). The number of carbonyl (C=O) groups is 1. The lowest BCUT2D eigenvalue weighted by Gasteiger charge is -2.32. The molecule has 1 aliphatic rings. The van der Waals surface area contributed by atoms with Crippen LogP contribution in [0.15, 0.2) is 83.8 Å². The number of nitrogens with one attached hydrogen (secondary N) is 2.